The van der Waals surface area contributed by atoms with Gasteiger partial charge in [-0.05, 0) is 0 Å². The van der Waals surface area contributed by atoms with E-state index in [-0.39, 0.29) is 3.43 Å². The van der Waals surface area contributed by atoms with E-state index < -0.39 is 21.6 Å². The van der Waals surface area contributed by atoms with Gasteiger partial charge in [-0.25, -0.2) is 0 Å². The summed E-state index contributed by atoms with van der Waals surface area (Å²) in [5.41, 5.74) is 3.96. The molecule has 0 heterocycles. The third kappa shape index (κ3) is 2.83. The molecular formula is C20H18OSn. The molecule has 0 unspecified atom stereocenters. The third-order valence-corrected chi connectivity index (χ3v) is 7.80. The van der Waals surface area contributed by atoms with Crippen molar-refractivity contribution in [3.63, 3.8) is 0 Å². The molecular weight excluding hydrogens is 375 g/mol. The minimum absolute atomic E-state index is 0.123. The van der Waals surface area contributed by atoms with Crippen molar-refractivity contribution in [2.45, 2.75) is 3.43 Å². The van der Waals surface area contributed by atoms with Crippen LogP contribution < -0.4 is 0 Å². The zero-order valence-corrected chi connectivity index (χ0v) is 15.4. The summed E-state index contributed by atoms with van der Waals surface area (Å²) < 4.78 is 5.72. The van der Waals surface area contributed by atoms with E-state index in [1.807, 2.05) is 7.11 Å². The molecule has 1 nitrogen and oxygen atoms in total. The van der Waals surface area contributed by atoms with Gasteiger partial charge in [0, 0.05) is 0 Å². The Morgan fingerprint density at radius 3 is 1.18 bits per heavy atom. The third-order valence-electron chi connectivity index (χ3n) is 3.88. The Morgan fingerprint density at radius 2 is 0.909 bits per heavy atom. The molecule has 0 fully saturated rings. The second kappa shape index (κ2) is 7.12. The van der Waals surface area contributed by atoms with Gasteiger partial charge < -0.3 is 0 Å². The maximum atomic E-state index is 5.84. The predicted octanol–water partition coefficient (Wildman–Crippen LogP) is 4.24. The number of rotatable bonds is 5. The first-order valence-corrected chi connectivity index (χ1v) is 9.94. The van der Waals surface area contributed by atoms with Crippen LogP contribution in [0.3, 0.4) is 0 Å². The summed E-state index contributed by atoms with van der Waals surface area (Å²) in [4.78, 5) is 0. The molecule has 3 aromatic carbocycles. The average molecular weight is 393 g/mol. The van der Waals surface area contributed by atoms with E-state index in [0.717, 1.165) is 0 Å². The molecule has 2 radical (unpaired) electrons. The molecule has 0 aliphatic rings. The van der Waals surface area contributed by atoms with Gasteiger partial charge in [-0.2, -0.15) is 0 Å². The van der Waals surface area contributed by atoms with Gasteiger partial charge in [0.25, 0.3) is 0 Å². The first-order valence-electron chi connectivity index (χ1n) is 7.34. The standard InChI is InChI=1S/C19H15.CH3O.Sn/c1-4-10-16(11-5-1)19(17-12-6-2-7-13-17)18-14-8-3-9-15-18;1-2;/h1-15H;1H3;/q;-1;+1. The molecule has 0 saturated heterocycles. The van der Waals surface area contributed by atoms with Gasteiger partial charge in [0.05, 0.1) is 0 Å². The van der Waals surface area contributed by atoms with Gasteiger partial charge in [-0.15, -0.1) is 0 Å². The van der Waals surface area contributed by atoms with Crippen LogP contribution in [0, 0.1) is 0 Å². The molecule has 22 heavy (non-hydrogen) atoms. The molecule has 0 aliphatic carbocycles. The van der Waals surface area contributed by atoms with Crippen molar-refractivity contribution >= 4 is 21.6 Å². The van der Waals surface area contributed by atoms with Gasteiger partial charge in [-0.1, -0.05) is 0 Å². The Morgan fingerprint density at radius 1 is 0.591 bits per heavy atom. The monoisotopic (exact) mass is 394 g/mol. The van der Waals surface area contributed by atoms with Crippen molar-refractivity contribution in [2.24, 2.45) is 0 Å². The quantitative estimate of drug-likeness (QED) is 0.466. The average Bonchev–Trinajstić information content (AvgIpc) is 2.62. The normalized spacial score (nSPS) is 11.3. The molecule has 3 rings (SSSR count). The SMILES string of the molecule is C[O][Sn][C](c1ccccc1)(c1ccccc1)c1ccccc1. The van der Waals surface area contributed by atoms with Crippen molar-refractivity contribution < 1.29 is 3.07 Å². The van der Waals surface area contributed by atoms with E-state index in [4.69, 9.17) is 3.07 Å². The summed E-state index contributed by atoms with van der Waals surface area (Å²) in [5, 5.41) is 0. The van der Waals surface area contributed by atoms with Gasteiger partial charge in [0.2, 0.25) is 0 Å². The van der Waals surface area contributed by atoms with E-state index in [0.29, 0.717) is 0 Å². The van der Waals surface area contributed by atoms with Crippen LogP contribution in [0.4, 0.5) is 0 Å². The summed E-state index contributed by atoms with van der Waals surface area (Å²) in [6.07, 6.45) is 0. The van der Waals surface area contributed by atoms with Crippen molar-refractivity contribution in [1.82, 2.24) is 0 Å². The van der Waals surface area contributed by atoms with Crippen LogP contribution in [0.1, 0.15) is 16.7 Å². The van der Waals surface area contributed by atoms with Crippen molar-refractivity contribution in [2.75, 3.05) is 7.11 Å². The first kappa shape index (κ1) is 15.3. The Balaban J connectivity index is 2.29. The van der Waals surface area contributed by atoms with Crippen LogP contribution in [0.5, 0.6) is 0 Å². The predicted molar refractivity (Wildman–Crippen MR) is 92.0 cm³/mol. The Labute approximate surface area is 142 Å². The Bertz CT molecular complexity index is 599. The molecule has 0 N–H and O–H groups in total. The minimum atomic E-state index is -1.19. The molecule has 108 valence electrons. The fourth-order valence-corrected chi connectivity index (χ4v) is 6.20. The van der Waals surface area contributed by atoms with E-state index in [9.17, 15) is 0 Å². The molecule has 0 spiro atoms. The van der Waals surface area contributed by atoms with E-state index in [2.05, 4.69) is 91.0 Å². The van der Waals surface area contributed by atoms with Crippen molar-refractivity contribution in [1.29, 1.82) is 0 Å². The van der Waals surface area contributed by atoms with Gasteiger partial charge in [0.1, 0.15) is 0 Å². The van der Waals surface area contributed by atoms with Crippen LogP contribution in [-0.4, -0.2) is 28.7 Å². The maximum absolute atomic E-state index is 5.84. The fraction of sp³-hybridized carbons (Fsp3) is 0.100. The number of hydrogen-bond donors (Lipinski definition) is 0. The van der Waals surface area contributed by atoms with Gasteiger partial charge in [-0.3, -0.25) is 0 Å². The molecule has 2 heteroatoms. The Hall–Kier alpha value is -1.58. The summed E-state index contributed by atoms with van der Waals surface area (Å²) in [7, 11) is 1.84. The number of benzene rings is 3. The van der Waals surface area contributed by atoms with Crippen LogP contribution in [0.25, 0.3) is 0 Å². The van der Waals surface area contributed by atoms with Crippen molar-refractivity contribution in [3.05, 3.63) is 108 Å². The number of hydrogen-bond acceptors (Lipinski definition) is 1. The van der Waals surface area contributed by atoms with Gasteiger partial charge >= 0.3 is 143 Å². The van der Waals surface area contributed by atoms with Crippen LogP contribution in [0.15, 0.2) is 91.0 Å². The molecule has 0 aromatic heterocycles. The Kier molecular flexibility index (Phi) is 4.96. The summed E-state index contributed by atoms with van der Waals surface area (Å²) >= 11 is -1.19. The zero-order chi connectivity index (χ0) is 15.3. The van der Waals surface area contributed by atoms with E-state index in [1.165, 1.54) is 16.7 Å². The zero-order valence-electron chi connectivity index (χ0n) is 12.6. The topological polar surface area (TPSA) is 9.23 Å². The fourth-order valence-electron chi connectivity index (χ4n) is 2.89. The molecule has 0 amide bonds. The summed E-state index contributed by atoms with van der Waals surface area (Å²) in [6, 6.07) is 32.2. The molecule has 0 bridgehead atoms. The molecule has 0 saturated carbocycles. The van der Waals surface area contributed by atoms with Crippen LogP contribution in [0.2, 0.25) is 0 Å². The summed E-state index contributed by atoms with van der Waals surface area (Å²) in [6.45, 7) is 0. The molecule has 0 aliphatic heterocycles. The molecule has 3 aromatic rings. The van der Waals surface area contributed by atoms with Gasteiger partial charge in [0.15, 0.2) is 0 Å². The van der Waals surface area contributed by atoms with E-state index in [1.54, 1.807) is 0 Å². The first-order chi connectivity index (χ1) is 10.9. The van der Waals surface area contributed by atoms with Crippen LogP contribution in [-0.2, 0) is 6.51 Å². The molecule has 0 atom stereocenters. The second-order valence-electron chi connectivity index (χ2n) is 5.15. The van der Waals surface area contributed by atoms with Crippen LogP contribution >= 0.6 is 0 Å². The summed E-state index contributed by atoms with van der Waals surface area (Å²) in [5.74, 6) is 0. The van der Waals surface area contributed by atoms with Crippen molar-refractivity contribution in [3.8, 4) is 0 Å². The second-order valence-corrected chi connectivity index (χ2v) is 9.04. The van der Waals surface area contributed by atoms with E-state index >= 15 is 0 Å².